The summed E-state index contributed by atoms with van der Waals surface area (Å²) in [5.74, 6) is 1.23. The van der Waals surface area contributed by atoms with Crippen LogP contribution in [0, 0.1) is 10.1 Å². The molecule has 0 radical (unpaired) electrons. The van der Waals surface area contributed by atoms with Crippen LogP contribution >= 0.6 is 11.8 Å². The first kappa shape index (κ1) is 16.8. The Morgan fingerprint density at radius 3 is 2.65 bits per heavy atom. The molecule has 0 fully saturated rings. The maximum atomic E-state index is 11.9. The van der Waals surface area contributed by atoms with Crippen molar-refractivity contribution >= 4 is 29.0 Å². The number of benzene rings is 2. The number of hydrogen-bond donors (Lipinski definition) is 1. The standard InChI is InChI=1S/C16H16N2O4S/c1-22-14-5-7-15(8-6-14)23-10-9-16(19)17-12-3-2-4-13(11-12)18(20)21/h2-8,11H,9-10H2,1H3,(H,17,19). The molecule has 2 aromatic rings. The molecule has 7 heteroatoms. The monoisotopic (exact) mass is 332 g/mol. The summed E-state index contributed by atoms with van der Waals surface area (Å²) in [6, 6.07) is 13.5. The van der Waals surface area contributed by atoms with E-state index in [9.17, 15) is 14.9 Å². The largest absolute Gasteiger partial charge is 0.497 e. The Morgan fingerprint density at radius 2 is 2.00 bits per heavy atom. The highest BCUT2D eigenvalue weighted by Crippen LogP contribution is 2.22. The van der Waals surface area contributed by atoms with Crippen molar-refractivity contribution in [3.05, 3.63) is 58.6 Å². The van der Waals surface area contributed by atoms with Gasteiger partial charge in [0.15, 0.2) is 0 Å². The van der Waals surface area contributed by atoms with Crippen molar-refractivity contribution < 1.29 is 14.5 Å². The van der Waals surface area contributed by atoms with Gasteiger partial charge < -0.3 is 10.1 Å². The number of hydrogen-bond acceptors (Lipinski definition) is 5. The first-order valence-electron chi connectivity index (χ1n) is 6.89. The number of thioether (sulfide) groups is 1. The molecular formula is C16H16N2O4S. The van der Waals surface area contributed by atoms with Crippen molar-refractivity contribution in [2.45, 2.75) is 11.3 Å². The zero-order valence-electron chi connectivity index (χ0n) is 12.5. The highest BCUT2D eigenvalue weighted by atomic mass is 32.2. The van der Waals surface area contributed by atoms with E-state index in [2.05, 4.69) is 5.32 Å². The molecule has 0 aliphatic rings. The van der Waals surface area contributed by atoms with Crippen molar-refractivity contribution in [3.63, 3.8) is 0 Å². The average molecular weight is 332 g/mol. The van der Waals surface area contributed by atoms with Crippen molar-refractivity contribution in [3.8, 4) is 5.75 Å². The lowest BCUT2D eigenvalue weighted by Crippen LogP contribution is -2.12. The minimum Gasteiger partial charge on any atom is -0.497 e. The normalized spacial score (nSPS) is 10.1. The summed E-state index contributed by atoms with van der Waals surface area (Å²) in [6.07, 6.45) is 0.319. The summed E-state index contributed by atoms with van der Waals surface area (Å²) in [5.41, 5.74) is 0.383. The number of non-ortho nitro benzene ring substituents is 1. The molecule has 0 bridgehead atoms. The number of nitro groups is 1. The zero-order valence-corrected chi connectivity index (χ0v) is 13.3. The summed E-state index contributed by atoms with van der Waals surface area (Å²) >= 11 is 1.56. The maximum absolute atomic E-state index is 11.9. The predicted octanol–water partition coefficient (Wildman–Crippen LogP) is 3.72. The van der Waals surface area contributed by atoms with Gasteiger partial charge in [-0.3, -0.25) is 14.9 Å². The molecule has 0 aliphatic heterocycles. The Hall–Kier alpha value is -2.54. The lowest BCUT2D eigenvalue weighted by Gasteiger charge is -2.06. The van der Waals surface area contributed by atoms with Crippen molar-refractivity contribution in [2.24, 2.45) is 0 Å². The predicted molar refractivity (Wildman–Crippen MR) is 90.1 cm³/mol. The molecule has 0 aromatic heterocycles. The number of methoxy groups -OCH3 is 1. The number of rotatable bonds is 7. The molecular weight excluding hydrogens is 316 g/mol. The molecule has 1 N–H and O–H groups in total. The molecule has 2 aromatic carbocycles. The molecule has 23 heavy (non-hydrogen) atoms. The number of carbonyl (C=O) groups is 1. The van der Waals surface area contributed by atoms with E-state index in [4.69, 9.17) is 4.74 Å². The smallest absolute Gasteiger partial charge is 0.271 e. The van der Waals surface area contributed by atoms with Crippen LogP contribution in [0.3, 0.4) is 0 Å². The highest BCUT2D eigenvalue weighted by Gasteiger charge is 2.08. The van der Waals surface area contributed by atoms with Crippen LogP contribution < -0.4 is 10.1 Å². The fraction of sp³-hybridized carbons (Fsp3) is 0.188. The molecule has 0 aliphatic carbocycles. The Labute approximate surface area is 138 Å². The molecule has 1 amide bonds. The van der Waals surface area contributed by atoms with Crippen molar-refractivity contribution in [1.29, 1.82) is 0 Å². The molecule has 0 heterocycles. The topological polar surface area (TPSA) is 81.5 Å². The first-order chi connectivity index (χ1) is 11.1. The van der Waals surface area contributed by atoms with Crippen LogP contribution in [0.25, 0.3) is 0 Å². The van der Waals surface area contributed by atoms with Gasteiger partial charge in [-0.2, -0.15) is 0 Å². The molecule has 2 rings (SSSR count). The van der Waals surface area contributed by atoms with Crippen molar-refractivity contribution in [1.82, 2.24) is 0 Å². The number of anilines is 1. The molecule has 0 atom stereocenters. The highest BCUT2D eigenvalue weighted by molar-refractivity contribution is 7.99. The van der Waals surface area contributed by atoms with Crippen LogP contribution in [-0.2, 0) is 4.79 Å². The molecule has 120 valence electrons. The first-order valence-corrected chi connectivity index (χ1v) is 7.88. The van der Waals surface area contributed by atoms with Gasteiger partial charge in [0.2, 0.25) is 5.91 Å². The van der Waals surface area contributed by atoms with Gasteiger partial charge >= 0.3 is 0 Å². The van der Waals surface area contributed by atoms with E-state index in [0.717, 1.165) is 10.6 Å². The lowest BCUT2D eigenvalue weighted by molar-refractivity contribution is -0.384. The molecule has 0 unspecified atom stereocenters. The third kappa shape index (κ3) is 5.30. The number of carbonyl (C=O) groups excluding carboxylic acids is 1. The minimum atomic E-state index is -0.491. The van der Waals surface area contributed by atoms with E-state index in [0.29, 0.717) is 17.9 Å². The van der Waals surface area contributed by atoms with Crippen molar-refractivity contribution in [2.75, 3.05) is 18.2 Å². The van der Waals surface area contributed by atoms with Crippen LogP contribution in [0.1, 0.15) is 6.42 Å². The molecule has 0 saturated heterocycles. The quantitative estimate of drug-likeness (QED) is 0.475. The van der Waals surface area contributed by atoms with Crippen LogP contribution in [0.15, 0.2) is 53.4 Å². The molecule has 0 spiro atoms. The SMILES string of the molecule is COc1ccc(SCCC(=O)Nc2cccc([N+](=O)[O-])c2)cc1. The second kappa shape index (κ2) is 8.19. The van der Waals surface area contributed by atoms with E-state index in [-0.39, 0.29) is 11.6 Å². The molecule has 0 saturated carbocycles. The third-order valence-corrected chi connectivity index (χ3v) is 4.01. The Kier molecular flexibility index (Phi) is 5.99. The molecule has 6 nitrogen and oxygen atoms in total. The number of ether oxygens (including phenoxy) is 1. The average Bonchev–Trinajstić information content (AvgIpc) is 2.55. The van der Waals surface area contributed by atoms with Gasteiger partial charge in [0.1, 0.15) is 5.75 Å². The Morgan fingerprint density at radius 1 is 1.26 bits per heavy atom. The second-order valence-electron chi connectivity index (χ2n) is 4.63. The van der Waals surface area contributed by atoms with Gasteiger partial charge in [-0.1, -0.05) is 6.07 Å². The number of nitro benzene ring substituents is 1. The van der Waals surface area contributed by atoms with Gasteiger partial charge in [0.05, 0.1) is 12.0 Å². The maximum Gasteiger partial charge on any atom is 0.271 e. The van der Waals surface area contributed by atoms with E-state index >= 15 is 0 Å². The summed E-state index contributed by atoms with van der Waals surface area (Å²) < 4.78 is 5.08. The zero-order chi connectivity index (χ0) is 16.7. The summed E-state index contributed by atoms with van der Waals surface area (Å²) in [7, 11) is 1.61. The Bertz CT molecular complexity index is 689. The van der Waals surface area contributed by atoms with E-state index in [1.165, 1.54) is 12.1 Å². The van der Waals surface area contributed by atoms with E-state index < -0.39 is 4.92 Å². The fourth-order valence-corrected chi connectivity index (χ4v) is 2.71. The summed E-state index contributed by atoms with van der Waals surface area (Å²) in [4.78, 5) is 23.1. The summed E-state index contributed by atoms with van der Waals surface area (Å²) in [5, 5.41) is 13.4. The second-order valence-corrected chi connectivity index (χ2v) is 5.80. The van der Waals surface area contributed by atoms with Crippen LogP contribution in [0.5, 0.6) is 5.75 Å². The van der Waals surface area contributed by atoms with Gasteiger partial charge in [-0.15, -0.1) is 11.8 Å². The van der Waals surface area contributed by atoms with Gasteiger partial charge in [-0.05, 0) is 30.3 Å². The van der Waals surface area contributed by atoms with Gasteiger partial charge in [-0.25, -0.2) is 0 Å². The van der Waals surface area contributed by atoms with E-state index in [1.54, 1.807) is 31.0 Å². The lowest BCUT2D eigenvalue weighted by atomic mass is 10.3. The number of nitrogens with one attached hydrogen (secondary N) is 1. The number of nitrogens with zero attached hydrogens (tertiary/aromatic N) is 1. The summed E-state index contributed by atoms with van der Waals surface area (Å²) in [6.45, 7) is 0. The van der Waals surface area contributed by atoms with Gasteiger partial charge in [0.25, 0.3) is 5.69 Å². The van der Waals surface area contributed by atoms with Gasteiger partial charge in [0, 0.05) is 34.9 Å². The number of amides is 1. The third-order valence-electron chi connectivity index (χ3n) is 3.00. The van der Waals surface area contributed by atoms with Crippen LogP contribution in [-0.4, -0.2) is 23.7 Å². The van der Waals surface area contributed by atoms with Crippen LogP contribution in [0.2, 0.25) is 0 Å². The Balaban J connectivity index is 1.80. The van der Waals surface area contributed by atoms with E-state index in [1.807, 2.05) is 24.3 Å². The fourth-order valence-electron chi connectivity index (χ4n) is 1.85. The minimum absolute atomic E-state index is 0.0459. The van der Waals surface area contributed by atoms with Crippen LogP contribution in [0.4, 0.5) is 11.4 Å².